The average molecular weight is 539 g/mol. The molecule has 3 aromatic rings. The maximum atomic E-state index is 14.9. The first-order valence-corrected chi connectivity index (χ1v) is 12.6. The summed E-state index contributed by atoms with van der Waals surface area (Å²) in [5, 5.41) is 3.60. The van der Waals surface area contributed by atoms with Crippen LogP contribution in [0.15, 0.2) is 35.1 Å². The van der Waals surface area contributed by atoms with Crippen molar-refractivity contribution in [3.05, 3.63) is 63.3 Å². The van der Waals surface area contributed by atoms with Crippen LogP contribution in [0.3, 0.4) is 0 Å². The summed E-state index contributed by atoms with van der Waals surface area (Å²) in [4.78, 5) is 54.9. The van der Waals surface area contributed by atoms with Gasteiger partial charge in [-0.25, -0.2) is 19.0 Å². The Labute approximate surface area is 222 Å². The zero-order chi connectivity index (χ0) is 27.7. The molecule has 1 amide bonds. The lowest BCUT2D eigenvalue weighted by atomic mass is 10.0. The first-order valence-electron chi connectivity index (χ1n) is 12.6. The molecule has 204 valence electrons. The van der Waals surface area contributed by atoms with E-state index in [-0.39, 0.29) is 49.5 Å². The average Bonchev–Trinajstić information content (AvgIpc) is 3.29. The van der Waals surface area contributed by atoms with E-state index in [1.165, 1.54) is 34.7 Å². The summed E-state index contributed by atoms with van der Waals surface area (Å²) in [5.74, 6) is -0.332. The molecule has 1 aromatic carbocycles. The minimum absolute atomic E-state index is 0.0130. The van der Waals surface area contributed by atoms with Gasteiger partial charge in [-0.15, -0.1) is 0 Å². The number of hydrogen-bond acceptors (Lipinski definition) is 9. The van der Waals surface area contributed by atoms with Crippen molar-refractivity contribution < 1.29 is 33.0 Å². The third-order valence-electron chi connectivity index (χ3n) is 6.69. The van der Waals surface area contributed by atoms with Gasteiger partial charge in [0.2, 0.25) is 0 Å². The number of esters is 1. The fourth-order valence-corrected chi connectivity index (χ4v) is 4.81. The van der Waals surface area contributed by atoms with Gasteiger partial charge in [0.05, 0.1) is 36.3 Å². The van der Waals surface area contributed by atoms with E-state index in [1.54, 1.807) is 19.1 Å². The first kappa shape index (κ1) is 26.3. The Balaban J connectivity index is 1.25. The number of halogens is 1. The second kappa shape index (κ2) is 10.8. The predicted octanol–water partition coefficient (Wildman–Crippen LogP) is 1.91. The van der Waals surface area contributed by atoms with Crippen molar-refractivity contribution in [3.63, 3.8) is 0 Å². The van der Waals surface area contributed by atoms with E-state index in [1.807, 2.05) is 0 Å². The number of aryl methyl sites for hydroxylation is 1. The summed E-state index contributed by atoms with van der Waals surface area (Å²) in [6, 6.07) is 7.26. The number of pyridine rings is 2. The minimum atomic E-state index is -0.643. The van der Waals surface area contributed by atoms with Gasteiger partial charge >= 0.3 is 12.1 Å². The Kier molecular flexibility index (Phi) is 7.29. The van der Waals surface area contributed by atoms with Crippen molar-refractivity contribution in [1.29, 1.82) is 0 Å². The number of benzene rings is 1. The highest BCUT2D eigenvalue weighted by Crippen LogP contribution is 2.28. The SMILES string of the molecule is CCOC(=O)c1cc(=O)n(C)c2c(CCNC[C@H]3CN(c4ccc5c(n4)CC(=O)CO5)C(=O)O3)c(F)ccc12. The van der Waals surface area contributed by atoms with Gasteiger partial charge in [0.25, 0.3) is 5.56 Å². The van der Waals surface area contributed by atoms with E-state index in [2.05, 4.69) is 10.3 Å². The fourth-order valence-electron chi connectivity index (χ4n) is 4.81. The number of carbonyl (C=O) groups excluding carboxylic acids is 3. The van der Waals surface area contributed by atoms with Gasteiger partial charge in [-0.1, -0.05) is 0 Å². The van der Waals surface area contributed by atoms with Crippen molar-refractivity contribution >= 4 is 34.6 Å². The molecule has 1 atom stereocenters. The van der Waals surface area contributed by atoms with Gasteiger partial charge in [-0.3, -0.25) is 14.5 Å². The molecule has 2 aromatic heterocycles. The summed E-state index contributed by atoms with van der Waals surface area (Å²) >= 11 is 0. The van der Waals surface area contributed by atoms with Crippen LogP contribution in [0, 0.1) is 5.82 Å². The predicted molar refractivity (Wildman–Crippen MR) is 138 cm³/mol. The van der Waals surface area contributed by atoms with Gasteiger partial charge in [-0.05, 0) is 44.2 Å². The van der Waals surface area contributed by atoms with Gasteiger partial charge in [0.1, 0.15) is 30.1 Å². The van der Waals surface area contributed by atoms with E-state index in [0.717, 1.165) is 0 Å². The molecule has 1 saturated heterocycles. The molecule has 0 spiro atoms. The van der Waals surface area contributed by atoms with Gasteiger partial charge < -0.3 is 24.1 Å². The Bertz CT molecular complexity index is 1540. The quantitative estimate of drug-likeness (QED) is 0.338. The number of amides is 1. The number of carbonyl (C=O) groups is 3. The van der Waals surface area contributed by atoms with Crippen LogP contribution in [0.4, 0.5) is 15.0 Å². The molecule has 4 heterocycles. The highest BCUT2D eigenvalue weighted by atomic mass is 19.1. The minimum Gasteiger partial charge on any atom is -0.484 e. The molecule has 0 bridgehead atoms. The largest absolute Gasteiger partial charge is 0.484 e. The van der Waals surface area contributed by atoms with Crippen LogP contribution < -0.4 is 20.5 Å². The Morgan fingerprint density at radius 3 is 2.85 bits per heavy atom. The monoisotopic (exact) mass is 538 g/mol. The molecule has 5 rings (SSSR count). The maximum absolute atomic E-state index is 14.9. The number of hydrogen-bond donors (Lipinski definition) is 1. The molecule has 2 aliphatic heterocycles. The smallest absolute Gasteiger partial charge is 0.415 e. The molecular formula is C27H27FN4O7. The summed E-state index contributed by atoms with van der Waals surface area (Å²) in [7, 11) is 1.53. The molecule has 1 fully saturated rings. The highest BCUT2D eigenvalue weighted by Gasteiger charge is 2.33. The van der Waals surface area contributed by atoms with Gasteiger partial charge in [0.15, 0.2) is 5.78 Å². The molecule has 2 aliphatic rings. The lowest BCUT2D eigenvalue weighted by molar-refractivity contribution is -0.121. The number of ether oxygens (including phenoxy) is 3. The van der Waals surface area contributed by atoms with Crippen LogP contribution in [0.1, 0.15) is 28.5 Å². The summed E-state index contributed by atoms with van der Waals surface area (Å²) < 4.78 is 32.1. The van der Waals surface area contributed by atoms with Crippen molar-refractivity contribution in [2.24, 2.45) is 7.05 Å². The zero-order valence-electron chi connectivity index (χ0n) is 21.5. The molecule has 39 heavy (non-hydrogen) atoms. The lowest BCUT2D eigenvalue weighted by Gasteiger charge is -2.18. The Morgan fingerprint density at radius 2 is 2.05 bits per heavy atom. The standard InChI is InChI=1S/C27H27FN4O7/c1-3-37-26(35)19-11-24(34)31(2)25-17(19)4-5-20(28)18(25)8-9-29-12-16-13-32(27(36)39-16)23-7-6-22-21(30-23)10-15(33)14-38-22/h4-7,11,16,29H,3,8-10,12-14H2,1-2H3/t16-/m0/s1. The number of fused-ring (bicyclic) bond motifs is 2. The third-order valence-corrected chi connectivity index (χ3v) is 6.69. The molecule has 12 heteroatoms. The normalized spacial score (nSPS) is 16.7. The van der Waals surface area contributed by atoms with Gasteiger partial charge in [0, 0.05) is 30.6 Å². The van der Waals surface area contributed by atoms with Crippen LogP contribution in [-0.2, 0) is 34.2 Å². The van der Waals surface area contributed by atoms with E-state index >= 15 is 0 Å². The summed E-state index contributed by atoms with van der Waals surface area (Å²) in [5.41, 5.74) is 0.734. The molecule has 0 saturated carbocycles. The van der Waals surface area contributed by atoms with Crippen LogP contribution in [0.2, 0.25) is 0 Å². The molecule has 1 N–H and O–H groups in total. The van der Waals surface area contributed by atoms with E-state index in [0.29, 0.717) is 41.3 Å². The van der Waals surface area contributed by atoms with E-state index in [4.69, 9.17) is 14.2 Å². The number of ketones is 1. The maximum Gasteiger partial charge on any atom is 0.415 e. The van der Waals surface area contributed by atoms with Crippen molar-refractivity contribution in [2.45, 2.75) is 25.9 Å². The van der Waals surface area contributed by atoms with Gasteiger partial charge in [-0.2, -0.15) is 0 Å². The number of nitrogens with zero attached hydrogens (tertiary/aromatic N) is 3. The topological polar surface area (TPSA) is 129 Å². The third kappa shape index (κ3) is 5.19. The highest BCUT2D eigenvalue weighted by molar-refractivity contribution is 6.04. The Hall–Kier alpha value is -4.32. The molecule has 11 nitrogen and oxygen atoms in total. The van der Waals surface area contributed by atoms with Crippen LogP contribution in [-0.4, -0.2) is 66.3 Å². The van der Waals surface area contributed by atoms with E-state index in [9.17, 15) is 23.6 Å². The zero-order valence-corrected chi connectivity index (χ0v) is 21.5. The number of Topliss-reactive ketones (excluding diaryl/α,β-unsaturated/α-hetero) is 1. The molecule has 0 aliphatic carbocycles. The van der Waals surface area contributed by atoms with E-state index < -0.39 is 29.5 Å². The van der Waals surface area contributed by atoms with Crippen LogP contribution in [0.25, 0.3) is 10.9 Å². The molecule has 0 radical (unpaired) electrons. The molecular weight excluding hydrogens is 511 g/mol. The lowest BCUT2D eigenvalue weighted by Crippen LogP contribution is -2.32. The van der Waals surface area contributed by atoms with Crippen molar-refractivity contribution in [1.82, 2.24) is 14.9 Å². The van der Waals surface area contributed by atoms with Crippen LogP contribution >= 0.6 is 0 Å². The summed E-state index contributed by atoms with van der Waals surface area (Å²) in [6.45, 7) is 2.69. The number of rotatable bonds is 8. The second-order valence-electron chi connectivity index (χ2n) is 9.29. The summed E-state index contributed by atoms with van der Waals surface area (Å²) in [6.07, 6.45) is -0.674. The fraction of sp³-hybridized carbons (Fsp3) is 0.370. The Morgan fingerprint density at radius 1 is 1.23 bits per heavy atom. The van der Waals surface area contributed by atoms with Crippen LogP contribution in [0.5, 0.6) is 5.75 Å². The number of cyclic esters (lactones) is 1. The first-order chi connectivity index (χ1) is 18.8. The molecule has 0 unspecified atom stereocenters. The second-order valence-corrected chi connectivity index (χ2v) is 9.29. The van der Waals surface area contributed by atoms with Crippen molar-refractivity contribution in [3.8, 4) is 5.75 Å². The number of aromatic nitrogens is 2. The van der Waals surface area contributed by atoms with Crippen molar-refractivity contribution in [2.75, 3.05) is 37.7 Å². The number of nitrogens with one attached hydrogen (secondary N) is 1. The number of anilines is 1.